The number of carboxylic acids is 1. The Morgan fingerprint density at radius 2 is 2.04 bits per heavy atom. The minimum absolute atomic E-state index is 0.150. The van der Waals surface area contributed by atoms with Gasteiger partial charge in [0, 0.05) is 29.6 Å². The summed E-state index contributed by atoms with van der Waals surface area (Å²) >= 11 is 0. The van der Waals surface area contributed by atoms with Crippen LogP contribution in [0, 0.1) is 0 Å². The molecule has 23 heavy (non-hydrogen) atoms. The topological polar surface area (TPSA) is 97.1 Å². The smallest absolute Gasteiger partial charge is 0.356 e. The Hall–Kier alpha value is -3.22. The van der Waals surface area contributed by atoms with E-state index in [0.29, 0.717) is 5.69 Å². The van der Waals surface area contributed by atoms with E-state index < -0.39 is 5.97 Å². The van der Waals surface area contributed by atoms with Gasteiger partial charge in [0.15, 0.2) is 5.69 Å². The molecule has 0 aliphatic rings. The summed E-state index contributed by atoms with van der Waals surface area (Å²) in [6.45, 7) is 2.01. The number of aryl methyl sites for hydroxylation is 1. The van der Waals surface area contributed by atoms with Crippen LogP contribution < -0.4 is 10.9 Å². The molecule has 3 aromatic rings. The first-order chi connectivity index (χ1) is 11.1. The first-order valence-corrected chi connectivity index (χ1v) is 7.05. The summed E-state index contributed by atoms with van der Waals surface area (Å²) in [5.41, 5.74) is 0.204. The zero-order chi connectivity index (χ0) is 16.4. The van der Waals surface area contributed by atoms with Crippen molar-refractivity contribution in [2.45, 2.75) is 13.5 Å². The lowest BCUT2D eigenvalue weighted by molar-refractivity contribution is 0.0687. The average molecular weight is 310 g/mol. The van der Waals surface area contributed by atoms with E-state index in [0.717, 1.165) is 15.5 Å². The van der Waals surface area contributed by atoms with Crippen LogP contribution in [0.15, 0.2) is 47.5 Å². The van der Waals surface area contributed by atoms with Crippen molar-refractivity contribution >= 4 is 28.1 Å². The molecule has 0 radical (unpaired) electrons. The van der Waals surface area contributed by atoms with Gasteiger partial charge >= 0.3 is 5.97 Å². The lowest BCUT2D eigenvalue weighted by Gasteiger charge is -2.11. The van der Waals surface area contributed by atoms with Gasteiger partial charge in [0.1, 0.15) is 5.69 Å². The van der Waals surface area contributed by atoms with E-state index in [9.17, 15) is 9.59 Å². The van der Waals surface area contributed by atoms with E-state index in [1.165, 1.54) is 6.07 Å². The number of benzene rings is 1. The maximum Gasteiger partial charge on any atom is 0.356 e. The van der Waals surface area contributed by atoms with E-state index in [1.807, 2.05) is 24.3 Å². The maximum atomic E-state index is 12.3. The summed E-state index contributed by atoms with van der Waals surface area (Å²) in [6.07, 6.45) is 3.32. The van der Waals surface area contributed by atoms with E-state index in [-0.39, 0.29) is 23.5 Å². The van der Waals surface area contributed by atoms with Gasteiger partial charge in [-0.1, -0.05) is 24.3 Å². The highest BCUT2D eigenvalue weighted by Gasteiger charge is 2.13. The fourth-order valence-corrected chi connectivity index (χ4v) is 2.31. The number of nitrogens with zero attached hydrogens (tertiary/aromatic N) is 3. The summed E-state index contributed by atoms with van der Waals surface area (Å²) in [5, 5.41) is 17.7. The van der Waals surface area contributed by atoms with Gasteiger partial charge < -0.3 is 10.4 Å². The Balaban J connectivity index is 2.13. The number of rotatable bonds is 4. The third-order valence-electron chi connectivity index (χ3n) is 3.43. The van der Waals surface area contributed by atoms with Gasteiger partial charge in [-0.05, 0) is 6.92 Å². The molecule has 1 aromatic carbocycles. The molecule has 0 aliphatic heterocycles. The van der Waals surface area contributed by atoms with Gasteiger partial charge in [-0.15, -0.1) is 0 Å². The molecule has 0 spiro atoms. The second kappa shape index (κ2) is 5.88. The molecular formula is C16H14N4O3. The Labute approximate surface area is 131 Å². The van der Waals surface area contributed by atoms with Crippen LogP contribution >= 0.6 is 0 Å². The average Bonchev–Trinajstić information content (AvgIpc) is 2.56. The second-order valence-corrected chi connectivity index (χ2v) is 4.90. The highest BCUT2D eigenvalue weighted by Crippen LogP contribution is 2.24. The zero-order valence-electron chi connectivity index (χ0n) is 12.4. The van der Waals surface area contributed by atoms with Crippen LogP contribution in [0.3, 0.4) is 0 Å². The molecule has 2 N–H and O–H groups in total. The predicted molar refractivity (Wildman–Crippen MR) is 86.2 cm³/mol. The highest BCUT2D eigenvalue weighted by atomic mass is 16.4. The van der Waals surface area contributed by atoms with E-state index in [2.05, 4.69) is 15.4 Å². The monoisotopic (exact) mass is 310 g/mol. The molecule has 0 atom stereocenters. The molecule has 0 unspecified atom stereocenters. The van der Waals surface area contributed by atoms with E-state index in [1.54, 1.807) is 19.3 Å². The minimum Gasteiger partial charge on any atom is -0.476 e. The molecule has 3 rings (SSSR count). The largest absolute Gasteiger partial charge is 0.476 e. The van der Waals surface area contributed by atoms with Crippen LogP contribution in [0.25, 0.3) is 10.8 Å². The normalized spacial score (nSPS) is 10.7. The quantitative estimate of drug-likeness (QED) is 0.767. The van der Waals surface area contributed by atoms with Crippen molar-refractivity contribution in [1.29, 1.82) is 0 Å². The van der Waals surface area contributed by atoms with Gasteiger partial charge in [-0.2, -0.15) is 5.10 Å². The first kappa shape index (κ1) is 14.7. The second-order valence-electron chi connectivity index (χ2n) is 4.90. The van der Waals surface area contributed by atoms with Crippen molar-refractivity contribution < 1.29 is 9.90 Å². The van der Waals surface area contributed by atoms with Crippen LogP contribution in [-0.2, 0) is 6.54 Å². The molecule has 0 aliphatic carbocycles. The Bertz CT molecular complexity index is 944. The van der Waals surface area contributed by atoms with Crippen molar-refractivity contribution in [3.05, 3.63) is 58.8 Å². The third kappa shape index (κ3) is 2.76. The van der Waals surface area contributed by atoms with Crippen molar-refractivity contribution in [1.82, 2.24) is 14.8 Å². The molecule has 0 fully saturated rings. The van der Waals surface area contributed by atoms with Crippen LogP contribution in [0.2, 0.25) is 0 Å². The number of nitrogens with one attached hydrogen (secondary N) is 1. The van der Waals surface area contributed by atoms with Crippen LogP contribution in [0.4, 0.5) is 11.4 Å². The summed E-state index contributed by atoms with van der Waals surface area (Å²) in [5.74, 6) is -1.19. The summed E-state index contributed by atoms with van der Waals surface area (Å²) in [6, 6.07) is 8.82. The number of hydrogen-bond acceptors (Lipinski definition) is 5. The molecule has 0 saturated heterocycles. The van der Waals surface area contributed by atoms with E-state index >= 15 is 0 Å². The van der Waals surface area contributed by atoms with Gasteiger partial charge in [0.05, 0.1) is 11.9 Å². The summed E-state index contributed by atoms with van der Waals surface area (Å²) in [4.78, 5) is 27.7. The molecule has 0 saturated carbocycles. The fraction of sp³-hybridized carbons (Fsp3) is 0.125. The number of pyridine rings is 1. The number of carbonyl (C=O) groups is 1. The van der Waals surface area contributed by atoms with Crippen LogP contribution in [0.5, 0.6) is 0 Å². The summed E-state index contributed by atoms with van der Waals surface area (Å²) < 4.78 is 1.12. The minimum atomic E-state index is -1.19. The lowest BCUT2D eigenvalue weighted by Crippen LogP contribution is -2.26. The van der Waals surface area contributed by atoms with Crippen LogP contribution in [-0.4, -0.2) is 25.8 Å². The molecule has 7 nitrogen and oxygen atoms in total. The lowest BCUT2D eigenvalue weighted by atomic mass is 10.1. The van der Waals surface area contributed by atoms with Crippen molar-refractivity contribution in [3.63, 3.8) is 0 Å². The number of carboxylic acid groups (broad SMARTS) is 1. The molecule has 0 amide bonds. The Kier molecular flexibility index (Phi) is 3.76. The number of anilines is 2. The molecule has 2 aromatic heterocycles. The van der Waals surface area contributed by atoms with Gasteiger partial charge in [-0.25, -0.2) is 9.48 Å². The number of hydrogen-bond donors (Lipinski definition) is 2. The number of aromatic nitrogens is 3. The van der Waals surface area contributed by atoms with E-state index in [4.69, 9.17) is 5.11 Å². The van der Waals surface area contributed by atoms with Crippen LogP contribution in [0.1, 0.15) is 17.4 Å². The highest BCUT2D eigenvalue weighted by molar-refractivity contribution is 5.94. The molecule has 116 valence electrons. The fourth-order valence-electron chi connectivity index (χ4n) is 2.31. The van der Waals surface area contributed by atoms with Crippen molar-refractivity contribution in [3.8, 4) is 0 Å². The first-order valence-electron chi connectivity index (χ1n) is 7.05. The van der Waals surface area contributed by atoms with Gasteiger partial charge in [-0.3, -0.25) is 9.78 Å². The Morgan fingerprint density at radius 1 is 1.26 bits per heavy atom. The molecular weight excluding hydrogens is 296 g/mol. The summed E-state index contributed by atoms with van der Waals surface area (Å²) in [7, 11) is 0. The molecule has 2 heterocycles. The van der Waals surface area contributed by atoms with Gasteiger partial charge in [0.25, 0.3) is 5.56 Å². The SMILES string of the molecule is CCn1nc(C(=O)O)cc(Nc2cncc3ccccc23)c1=O. The predicted octanol–water partition coefficient (Wildman–Crippen LogP) is 2.25. The maximum absolute atomic E-state index is 12.3. The third-order valence-corrected chi connectivity index (χ3v) is 3.43. The standard InChI is InChI=1S/C16H14N4O3/c1-2-20-15(21)12(7-13(19-20)16(22)23)18-14-9-17-8-10-5-3-4-6-11(10)14/h3-9,18H,2H2,1H3,(H,22,23). The van der Waals surface area contributed by atoms with Crippen molar-refractivity contribution in [2.75, 3.05) is 5.32 Å². The molecule has 7 heteroatoms. The molecule has 0 bridgehead atoms. The van der Waals surface area contributed by atoms with Crippen molar-refractivity contribution in [2.24, 2.45) is 0 Å². The van der Waals surface area contributed by atoms with Gasteiger partial charge in [0.2, 0.25) is 0 Å². The zero-order valence-corrected chi connectivity index (χ0v) is 12.4. The number of aromatic carboxylic acids is 1. The number of fused-ring (bicyclic) bond motifs is 1. The Morgan fingerprint density at radius 3 is 2.78 bits per heavy atom.